The number of amides is 1. The Kier molecular flexibility index (Phi) is 5.39. The molecule has 0 saturated heterocycles. The van der Waals surface area contributed by atoms with Crippen molar-refractivity contribution < 1.29 is 9.90 Å². The molecule has 3 rings (SSSR count). The molecule has 0 fully saturated rings. The van der Waals surface area contributed by atoms with Crippen LogP contribution >= 0.6 is 46.8 Å². The van der Waals surface area contributed by atoms with Gasteiger partial charge in [-0.2, -0.15) is 0 Å². The van der Waals surface area contributed by atoms with Crippen molar-refractivity contribution in [1.29, 1.82) is 0 Å². The molecule has 0 spiro atoms. The molecule has 8 heteroatoms. The standard InChI is InChI=1S/C18H14Cl2N2O2S2/c1-8-5-12(13(23)6-9(8)2)21-18(25)22-17(24)16-15(20)11-4-3-10(19)7-14(11)26-16/h3-7,23H,1-2H3,(H2,21,22,24,25). The molecule has 1 heterocycles. The first-order valence-electron chi connectivity index (χ1n) is 7.56. The zero-order valence-corrected chi connectivity index (χ0v) is 17.0. The van der Waals surface area contributed by atoms with E-state index in [1.165, 1.54) is 11.3 Å². The fourth-order valence-corrected chi connectivity index (χ4v) is 4.29. The van der Waals surface area contributed by atoms with E-state index in [2.05, 4.69) is 10.6 Å². The van der Waals surface area contributed by atoms with Crippen molar-refractivity contribution in [2.24, 2.45) is 0 Å². The maximum Gasteiger partial charge on any atom is 0.269 e. The number of carbonyl (C=O) groups is 1. The molecule has 3 N–H and O–H groups in total. The maximum absolute atomic E-state index is 12.5. The van der Waals surface area contributed by atoms with Gasteiger partial charge in [-0.05, 0) is 61.5 Å². The predicted molar refractivity (Wildman–Crippen MR) is 113 cm³/mol. The molecular formula is C18H14Cl2N2O2S2. The number of phenols is 1. The molecule has 0 aliphatic rings. The Balaban J connectivity index is 1.79. The molecule has 0 radical (unpaired) electrons. The second-order valence-electron chi connectivity index (χ2n) is 5.75. The van der Waals surface area contributed by atoms with Gasteiger partial charge in [-0.15, -0.1) is 11.3 Å². The SMILES string of the molecule is Cc1cc(O)c(NC(=S)NC(=O)c2sc3cc(Cl)ccc3c2Cl)cc1C. The predicted octanol–water partition coefficient (Wildman–Crippen LogP) is 5.66. The average molecular weight is 425 g/mol. The van der Waals surface area contributed by atoms with Crippen molar-refractivity contribution in [3.8, 4) is 5.75 Å². The van der Waals surface area contributed by atoms with Gasteiger partial charge in [0.15, 0.2) is 5.11 Å². The molecule has 26 heavy (non-hydrogen) atoms. The highest BCUT2D eigenvalue weighted by Crippen LogP contribution is 2.36. The summed E-state index contributed by atoms with van der Waals surface area (Å²) in [6.07, 6.45) is 0. The summed E-state index contributed by atoms with van der Waals surface area (Å²) in [5.74, 6) is -0.368. The van der Waals surface area contributed by atoms with Crippen molar-refractivity contribution >= 4 is 73.5 Å². The van der Waals surface area contributed by atoms with Crippen molar-refractivity contribution in [3.63, 3.8) is 0 Å². The molecule has 0 bridgehead atoms. The highest BCUT2D eigenvalue weighted by Gasteiger charge is 2.18. The maximum atomic E-state index is 12.5. The third kappa shape index (κ3) is 3.78. The van der Waals surface area contributed by atoms with Crippen LogP contribution in [0.25, 0.3) is 10.1 Å². The molecule has 0 unspecified atom stereocenters. The number of halogens is 2. The number of fused-ring (bicyclic) bond motifs is 1. The largest absolute Gasteiger partial charge is 0.506 e. The van der Waals surface area contributed by atoms with Gasteiger partial charge >= 0.3 is 0 Å². The number of aromatic hydroxyl groups is 1. The zero-order valence-electron chi connectivity index (χ0n) is 13.8. The number of anilines is 1. The van der Waals surface area contributed by atoms with Gasteiger partial charge in [0.1, 0.15) is 10.6 Å². The number of phenolic OH excluding ortho intramolecular Hbond substituents is 1. The van der Waals surface area contributed by atoms with Crippen LogP contribution in [0.5, 0.6) is 5.75 Å². The van der Waals surface area contributed by atoms with Crippen LogP contribution in [0.15, 0.2) is 30.3 Å². The first-order valence-corrected chi connectivity index (χ1v) is 9.54. The third-order valence-electron chi connectivity index (χ3n) is 3.89. The molecule has 0 aliphatic carbocycles. The minimum absolute atomic E-state index is 0.0548. The van der Waals surface area contributed by atoms with Gasteiger partial charge in [0.2, 0.25) is 0 Å². The fraction of sp³-hybridized carbons (Fsp3) is 0.111. The van der Waals surface area contributed by atoms with Crippen LogP contribution in [0.3, 0.4) is 0 Å². The number of carbonyl (C=O) groups excluding carboxylic acids is 1. The van der Waals surface area contributed by atoms with E-state index >= 15 is 0 Å². The highest BCUT2D eigenvalue weighted by atomic mass is 35.5. The molecular weight excluding hydrogens is 411 g/mol. The van der Waals surface area contributed by atoms with Gasteiger partial charge in [0.25, 0.3) is 5.91 Å². The Bertz CT molecular complexity index is 1050. The molecule has 134 valence electrons. The first kappa shape index (κ1) is 18.9. The highest BCUT2D eigenvalue weighted by molar-refractivity contribution is 7.80. The molecule has 2 aromatic carbocycles. The lowest BCUT2D eigenvalue weighted by Gasteiger charge is -2.12. The summed E-state index contributed by atoms with van der Waals surface area (Å²) in [5.41, 5.74) is 2.37. The lowest BCUT2D eigenvalue weighted by molar-refractivity contribution is 0.0982. The van der Waals surface area contributed by atoms with Gasteiger partial charge in [0, 0.05) is 15.1 Å². The monoisotopic (exact) mass is 424 g/mol. The second kappa shape index (κ2) is 7.40. The number of aryl methyl sites for hydroxylation is 2. The number of hydrogen-bond acceptors (Lipinski definition) is 4. The number of thiophene rings is 1. The van der Waals surface area contributed by atoms with Crippen LogP contribution in [0.1, 0.15) is 20.8 Å². The van der Waals surface area contributed by atoms with Gasteiger partial charge < -0.3 is 10.4 Å². The Morgan fingerprint density at radius 1 is 1.15 bits per heavy atom. The Morgan fingerprint density at radius 3 is 2.58 bits per heavy atom. The Hall–Kier alpha value is -1.86. The molecule has 1 amide bonds. The van der Waals surface area contributed by atoms with Gasteiger partial charge in [-0.1, -0.05) is 29.3 Å². The van der Waals surface area contributed by atoms with Crippen molar-refractivity contribution in [2.75, 3.05) is 5.32 Å². The van der Waals surface area contributed by atoms with Crippen molar-refractivity contribution in [1.82, 2.24) is 5.32 Å². The summed E-state index contributed by atoms with van der Waals surface area (Å²) in [5, 5.41) is 17.2. The third-order valence-corrected chi connectivity index (χ3v) is 5.98. The number of nitrogens with one attached hydrogen (secondary N) is 2. The second-order valence-corrected chi connectivity index (χ2v) is 8.02. The van der Waals surface area contributed by atoms with Gasteiger partial charge in [-0.25, -0.2) is 0 Å². The molecule has 0 aliphatic heterocycles. The topological polar surface area (TPSA) is 61.4 Å². The summed E-state index contributed by atoms with van der Waals surface area (Å²) in [6.45, 7) is 3.82. The van der Waals surface area contributed by atoms with Crippen LogP contribution in [-0.2, 0) is 0 Å². The smallest absolute Gasteiger partial charge is 0.269 e. The van der Waals surface area contributed by atoms with E-state index in [1.807, 2.05) is 13.8 Å². The van der Waals surface area contributed by atoms with E-state index in [0.717, 1.165) is 21.2 Å². The number of rotatable bonds is 2. The molecule has 3 aromatic rings. The number of thiocarbonyl (C=S) groups is 1. The van der Waals surface area contributed by atoms with Crippen LogP contribution in [0.4, 0.5) is 5.69 Å². The summed E-state index contributed by atoms with van der Waals surface area (Å²) in [7, 11) is 0. The van der Waals surface area contributed by atoms with E-state index in [-0.39, 0.29) is 10.9 Å². The van der Waals surface area contributed by atoms with Crippen molar-refractivity contribution in [2.45, 2.75) is 13.8 Å². The van der Waals surface area contributed by atoms with E-state index in [1.54, 1.807) is 30.3 Å². The molecule has 0 saturated carbocycles. The van der Waals surface area contributed by atoms with E-state index in [9.17, 15) is 9.90 Å². The van der Waals surface area contributed by atoms with Gasteiger partial charge in [-0.3, -0.25) is 10.1 Å². The fourth-order valence-electron chi connectivity index (χ4n) is 2.40. The molecule has 1 aromatic heterocycles. The molecule has 4 nitrogen and oxygen atoms in total. The van der Waals surface area contributed by atoms with Crippen LogP contribution in [0.2, 0.25) is 10.0 Å². The first-order chi connectivity index (χ1) is 12.3. The lowest BCUT2D eigenvalue weighted by Crippen LogP contribution is -2.33. The van der Waals surface area contributed by atoms with E-state index < -0.39 is 5.91 Å². The number of hydrogen-bond donors (Lipinski definition) is 3. The minimum Gasteiger partial charge on any atom is -0.506 e. The summed E-state index contributed by atoms with van der Waals surface area (Å²) >= 11 is 18.7. The van der Waals surface area contributed by atoms with Crippen LogP contribution in [0, 0.1) is 13.8 Å². The van der Waals surface area contributed by atoms with Crippen LogP contribution in [-0.4, -0.2) is 16.1 Å². The van der Waals surface area contributed by atoms with E-state index in [4.69, 9.17) is 35.4 Å². The van der Waals surface area contributed by atoms with Gasteiger partial charge in [0.05, 0.1) is 10.7 Å². The van der Waals surface area contributed by atoms with E-state index in [0.29, 0.717) is 20.6 Å². The zero-order chi connectivity index (χ0) is 19.0. The summed E-state index contributed by atoms with van der Waals surface area (Å²) in [4.78, 5) is 12.9. The lowest BCUT2D eigenvalue weighted by atomic mass is 10.1. The summed E-state index contributed by atoms with van der Waals surface area (Å²) in [6, 6.07) is 8.65. The minimum atomic E-state index is -0.423. The van der Waals surface area contributed by atoms with Crippen LogP contribution < -0.4 is 10.6 Å². The number of benzene rings is 2. The Labute approximate surface area is 169 Å². The summed E-state index contributed by atoms with van der Waals surface area (Å²) < 4.78 is 0.818. The normalized spacial score (nSPS) is 10.8. The Morgan fingerprint density at radius 2 is 1.85 bits per heavy atom. The molecule has 0 atom stereocenters. The quantitative estimate of drug-likeness (QED) is 0.366. The average Bonchev–Trinajstić information content (AvgIpc) is 2.88. The van der Waals surface area contributed by atoms with Crippen molar-refractivity contribution in [3.05, 3.63) is 56.4 Å².